The molecule has 1 aromatic rings. The van der Waals surface area contributed by atoms with E-state index in [9.17, 15) is 14.0 Å². The van der Waals surface area contributed by atoms with Gasteiger partial charge in [-0.05, 0) is 31.2 Å². The molecule has 5 nitrogen and oxygen atoms in total. The zero-order valence-electron chi connectivity index (χ0n) is 11.7. The molecule has 0 bridgehead atoms. The maximum absolute atomic E-state index is 12.8. The SMILES string of the molecule is CCOCC(=O)N1CSC[C@H]1C(=O)Nc1ccc(F)cc1. The lowest BCUT2D eigenvalue weighted by atomic mass is 10.2. The Bertz CT molecular complexity index is 509. The molecule has 0 unspecified atom stereocenters. The summed E-state index contributed by atoms with van der Waals surface area (Å²) < 4.78 is 17.9. The first-order valence-corrected chi connectivity index (χ1v) is 7.78. The van der Waals surface area contributed by atoms with E-state index in [1.54, 1.807) is 0 Å². The number of anilines is 1. The number of benzene rings is 1. The number of ether oxygens (including phenoxy) is 1. The summed E-state index contributed by atoms with van der Waals surface area (Å²) >= 11 is 1.52. The lowest BCUT2D eigenvalue weighted by molar-refractivity contribution is -0.140. The summed E-state index contributed by atoms with van der Waals surface area (Å²) in [6, 6.07) is 5.00. The Labute approximate surface area is 126 Å². The van der Waals surface area contributed by atoms with E-state index in [1.165, 1.54) is 40.9 Å². The Hall–Kier alpha value is -1.60. The highest BCUT2D eigenvalue weighted by Crippen LogP contribution is 2.22. The van der Waals surface area contributed by atoms with Crippen LogP contribution in [0.3, 0.4) is 0 Å². The van der Waals surface area contributed by atoms with E-state index in [0.29, 0.717) is 23.9 Å². The third-order valence-electron chi connectivity index (χ3n) is 3.05. The zero-order chi connectivity index (χ0) is 15.2. The summed E-state index contributed by atoms with van der Waals surface area (Å²) in [4.78, 5) is 25.7. The molecule has 2 rings (SSSR count). The van der Waals surface area contributed by atoms with Crippen molar-refractivity contribution in [3.05, 3.63) is 30.1 Å². The van der Waals surface area contributed by atoms with Crippen molar-refractivity contribution in [2.45, 2.75) is 13.0 Å². The first kappa shape index (κ1) is 15.8. The Morgan fingerprint density at radius 1 is 1.43 bits per heavy atom. The molecule has 1 aliphatic heterocycles. The van der Waals surface area contributed by atoms with Gasteiger partial charge in [0.1, 0.15) is 18.5 Å². The molecule has 0 spiro atoms. The van der Waals surface area contributed by atoms with Crippen molar-refractivity contribution in [1.29, 1.82) is 0 Å². The van der Waals surface area contributed by atoms with Crippen LogP contribution < -0.4 is 5.32 Å². The van der Waals surface area contributed by atoms with Crippen LogP contribution in [0.25, 0.3) is 0 Å². The van der Waals surface area contributed by atoms with Crippen molar-refractivity contribution in [3.8, 4) is 0 Å². The number of nitrogens with one attached hydrogen (secondary N) is 1. The molecular weight excluding hydrogens is 295 g/mol. The number of halogens is 1. The molecule has 0 aromatic heterocycles. The van der Waals surface area contributed by atoms with Crippen molar-refractivity contribution in [2.75, 3.05) is 30.2 Å². The summed E-state index contributed by atoms with van der Waals surface area (Å²) in [6.45, 7) is 2.25. The Morgan fingerprint density at radius 2 is 2.14 bits per heavy atom. The number of hydrogen-bond acceptors (Lipinski definition) is 4. The number of thioether (sulfide) groups is 1. The van der Waals surface area contributed by atoms with Gasteiger partial charge in [0.25, 0.3) is 0 Å². The van der Waals surface area contributed by atoms with E-state index in [2.05, 4.69) is 5.32 Å². The van der Waals surface area contributed by atoms with Crippen LogP contribution in [0.4, 0.5) is 10.1 Å². The van der Waals surface area contributed by atoms with Gasteiger partial charge in [0.05, 0.1) is 5.88 Å². The normalized spacial score (nSPS) is 17.8. The van der Waals surface area contributed by atoms with E-state index in [-0.39, 0.29) is 24.2 Å². The molecule has 7 heteroatoms. The second-order valence-corrected chi connectivity index (χ2v) is 5.51. The number of hydrogen-bond donors (Lipinski definition) is 1. The molecule has 0 saturated carbocycles. The highest BCUT2D eigenvalue weighted by molar-refractivity contribution is 7.99. The molecule has 1 N–H and O–H groups in total. The van der Waals surface area contributed by atoms with Crippen LogP contribution in [0, 0.1) is 5.82 Å². The molecule has 1 aliphatic rings. The smallest absolute Gasteiger partial charge is 0.249 e. The van der Waals surface area contributed by atoms with Gasteiger partial charge in [-0.1, -0.05) is 0 Å². The third-order valence-corrected chi connectivity index (χ3v) is 4.06. The lowest BCUT2D eigenvalue weighted by Gasteiger charge is -2.22. The number of carbonyl (C=O) groups excluding carboxylic acids is 2. The van der Waals surface area contributed by atoms with E-state index in [0.717, 1.165) is 0 Å². The van der Waals surface area contributed by atoms with Gasteiger partial charge < -0.3 is 15.0 Å². The van der Waals surface area contributed by atoms with E-state index in [4.69, 9.17) is 4.74 Å². The standard InChI is InChI=1S/C14H17FN2O3S/c1-2-20-7-13(18)17-9-21-8-12(17)14(19)16-11-5-3-10(15)4-6-11/h3-6,12H,2,7-9H2,1H3,(H,16,19)/t12-/m0/s1. The monoisotopic (exact) mass is 312 g/mol. The first-order chi connectivity index (χ1) is 10.1. The molecule has 0 aliphatic carbocycles. The molecule has 114 valence electrons. The third kappa shape index (κ3) is 4.18. The summed E-state index contributed by atoms with van der Waals surface area (Å²) in [7, 11) is 0. The number of amides is 2. The first-order valence-electron chi connectivity index (χ1n) is 6.63. The lowest BCUT2D eigenvalue weighted by Crippen LogP contribution is -2.45. The average molecular weight is 312 g/mol. The van der Waals surface area contributed by atoms with Crippen LogP contribution in [0.2, 0.25) is 0 Å². The summed E-state index contributed by atoms with van der Waals surface area (Å²) in [6.07, 6.45) is 0. The van der Waals surface area contributed by atoms with Gasteiger partial charge in [0.2, 0.25) is 11.8 Å². The van der Waals surface area contributed by atoms with Gasteiger partial charge in [0, 0.05) is 18.0 Å². The van der Waals surface area contributed by atoms with E-state index in [1.807, 2.05) is 6.92 Å². The minimum absolute atomic E-state index is 0.0165. The van der Waals surface area contributed by atoms with Gasteiger partial charge in [-0.2, -0.15) is 0 Å². The van der Waals surface area contributed by atoms with E-state index < -0.39 is 6.04 Å². The molecule has 1 fully saturated rings. The molecular formula is C14H17FN2O3S. The quantitative estimate of drug-likeness (QED) is 0.899. The molecule has 1 atom stereocenters. The highest BCUT2D eigenvalue weighted by Gasteiger charge is 2.34. The van der Waals surface area contributed by atoms with Gasteiger partial charge in [0.15, 0.2) is 0 Å². The molecule has 0 radical (unpaired) electrons. The summed E-state index contributed by atoms with van der Waals surface area (Å²) in [5, 5.41) is 2.70. The van der Waals surface area contributed by atoms with Gasteiger partial charge in [-0.3, -0.25) is 9.59 Å². The number of rotatable bonds is 5. The molecule has 1 saturated heterocycles. The van der Waals surface area contributed by atoms with Crippen molar-refractivity contribution in [3.63, 3.8) is 0 Å². The minimum atomic E-state index is -0.520. The average Bonchev–Trinajstić information content (AvgIpc) is 2.96. The fraction of sp³-hybridized carbons (Fsp3) is 0.429. The fourth-order valence-corrected chi connectivity index (χ4v) is 3.12. The van der Waals surface area contributed by atoms with Crippen molar-refractivity contribution in [1.82, 2.24) is 4.90 Å². The maximum Gasteiger partial charge on any atom is 0.249 e. The number of carbonyl (C=O) groups is 2. The van der Waals surface area contributed by atoms with Crippen LogP contribution >= 0.6 is 11.8 Å². The zero-order valence-corrected chi connectivity index (χ0v) is 12.5. The van der Waals surface area contributed by atoms with Crippen molar-refractivity contribution < 1.29 is 18.7 Å². The highest BCUT2D eigenvalue weighted by atomic mass is 32.2. The fourth-order valence-electron chi connectivity index (χ4n) is 1.94. The van der Waals surface area contributed by atoms with Crippen LogP contribution in [0.5, 0.6) is 0 Å². The molecule has 2 amide bonds. The predicted molar refractivity (Wildman–Crippen MR) is 79.5 cm³/mol. The Balaban J connectivity index is 1.97. The largest absolute Gasteiger partial charge is 0.372 e. The van der Waals surface area contributed by atoms with E-state index >= 15 is 0 Å². The second kappa shape index (κ2) is 7.42. The predicted octanol–water partition coefficient (Wildman–Crippen LogP) is 1.70. The minimum Gasteiger partial charge on any atom is -0.372 e. The number of nitrogens with zero attached hydrogens (tertiary/aromatic N) is 1. The van der Waals surface area contributed by atoms with Crippen LogP contribution in [0.1, 0.15) is 6.92 Å². The molecule has 21 heavy (non-hydrogen) atoms. The molecule has 1 aromatic carbocycles. The topological polar surface area (TPSA) is 58.6 Å². The second-order valence-electron chi connectivity index (χ2n) is 4.51. The van der Waals surface area contributed by atoms with Crippen LogP contribution in [-0.4, -0.2) is 47.6 Å². The Morgan fingerprint density at radius 3 is 2.81 bits per heavy atom. The van der Waals surface area contributed by atoms with Crippen LogP contribution in [0.15, 0.2) is 24.3 Å². The van der Waals surface area contributed by atoms with Gasteiger partial charge >= 0.3 is 0 Å². The molecule has 1 heterocycles. The van der Waals surface area contributed by atoms with Crippen LogP contribution in [-0.2, 0) is 14.3 Å². The summed E-state index contributed by atoms with van der Waals surface area (Å²) in [5.74, 6) is 0.202. The van der Waals surface area contributed by atoms with Gasteiger partial charge in [-0.15, -0.1) is 11.8 Å². The maximum atomic E-state index is 12.8. The van der Waals surface area contributed by atoms with Crippen molar-refractivity contribution >= 4 is 29.3 Å². The summed E-state index contributed by atoms with van der Waals surface area (Å²) in [5.41, 5.74) is 0.510. The van der Waals surface area contributed by atoms with Crippen molar-refractivity contribution in [2.24, 2.45) is 0 Å². The Kier molecular flexibility index (Phi) is 5.58. The van der Waals surface area contributed by atoms with Gasteiger partial charge in [-0.25, -0.2) is 4.39 Å².